The van der Waals surface area contributed by atoms with Crippen molar-refractivity contribution in [2.75, 3.05) is 13.1 Å². The summed E-state index contributed by atoms with van der Waals surface area (Å²) in [4.78, 5) is 12.4. The molecule has 1 fully saturated rings. The zero-order valence-electron chi connectivity index (χ0n) is 10.3. The summed E-state index contributed by atoms with van der Waals surface area (Å²) < 4.78 is 0. The average Bonchev–Trinajstić information content (AvgIpc) is 2.96. The Balaban J connectivity index is 2.12. The molecule has 2 N–H and O–H groups in total. The summed E-state index contributed by atoms with van der Waals surface area (Å²) in [6.07, 6.45) is 2.94. The molecule has 0 aliphatic carbocycles. The highest BCUT2D eigenvalue weighted by Crippen LogP contribution is 2.36. The molecule has 1 atom stereocenters. The maximum atomic E-state index is 4.68. The summed E-state index contributed by atoms with van der Waals surface area (Å²) in [5, 5.41) is 3.46. The van der Waals surface area contributed by atoms with Crippen molar-refractivity contribution in [2.24, 2.45) is 5.92 Å². The van der Waals surface area contributed by atoms with E-state index in [0.29, 0.717) is 5.92 Å². The van der Waals surface area contributed by atoms with Crippen molar-refractivity contribution in [1.29, 1.82) is 0 Å². The smallest absolute Gasteiger partial charge is 0.177 e. The first kappa shape index (κ1) is 10.7. The van der Waals surface area contributed by atoms with Crippen molar-refractivity contribution in [1.82, 2.24) is 20.3 Å². The van der Waals surface area contributed by atoms with E-state index in [4.69, 9.17) is 0 Å². The van der Waals surface area contributed by atoms with Gasteiger partial charge in [0, 0.05) is 18.2 Å². The number of pyridine rings is 1. The van der Waals surface area contributed by atoms with E-state index in [1.165, 1.54) is 0 Å². The lowest BCUT2D eigenvalue weighted by atomic mass is 9.76. The van der Waals surface area contributed by atoms with Gasteiger partial charge in [0.1, 0.15) is 5.82 Å². The Morgan fingerprint density at radius 1 is 1.41 bits per heavy atom. The van der Waals surface area contributed by atoms with Crippen molar-refractivity contribution in [2.45, 2.75) is 25.7 Å². The molecule has 2 aromatic heterocycles. The molecule has 90 valence electrons. The monoisotopic (exact) mass is 230 g/mol. The van der Waals surface area contributed by atoms with Gasteiger partial charge in [-0.1, -0.05) is 13.8 Å². The van der Waals surface area contributed by atoms with Gasteiger partial charge in [-0.3, -0.25) is 0 Å². The molecule has 0 aromatic carbocycles. The minimum Gasteiger partial charge on any atom is -0.340 e. The second-order valence-corrected chi connectivity index (χ2v) is 5.20. The van der Waals surface area contributed by atoms with Crippen LogP contribution in [0.2, 0.25) is 0 Å². The van der Waals surface area contributed by atoms with Crippen LogP contribution in [0.1, 0.15) is 26.1 Å². The highest BCUT2D eigenvalue weighted by Gasteiger charge is 2.41. The molecule has 0 radical (unpaired) electrons. The van der Waals surface area contributed by atoms with E-state index in [1.54, 1.807) is 6.20 Å². The third-order valence-corrected chi connectivity index (χ3v) is 4.02. The number of aromatic amines is 1. The summed E-state index contributed by atoms with van der Waals surface area (Å²) in [5.74, 6) is 1.66. The SMILES string of the molecule is CC(C)C1(c2nc3ncccc3[nH]2)CCNC1. The summed E-state index contributed by atoms with van der Waals surface area (Å²) in [7, 11) is 0. The third-order valence-electron chi connectivity index (χ3n) is 4.02. The molecule has 0 amide bonds. The average molecular weight is 230 g/mol. The summed E-state index contributed by atoms with van der Waals surface area (Å²) >= 11 is 0. The van der Waals surface area contributed by atoms with Gasteiger partial charge in [-0.2, -0.15) is 0 Å². The lowest BCUT2D eigenvalue weighted by Gasteiger charge is -2.30. The van der Waals surface area contributed by atoms with E-state index in [2.05, 4.69) is 34.1 Å². The molecular weight excluding hydrogens is 212 g/mol. The first-order chi connectivity index (χ1) is 8.22. The molecule has 4 heteroatoms. The fourth-order valence-electron chi connectivity index (χ4n) is 2.76. The fourth-order valence-corrected chi connectivity index (χ4v) is 2.76. The molecule has 1 aliphatic rings. The zero-order valence-corrected chi connectivity index (χ0v) is 10.3. The molecule has 1 unspecified atom stereocenters. The van der Waals surface area contributed by atoms with E-state index < -0.39 is 0 Å². The Kier molecular flexibility index (Phi) is 2.40. The van der Waals surface area contributed by atoms with E-state index in [0.717, 1.165) is 36.5 Å². The Morgan fingerprint density at radius 3 is 2.94 bits per heavy atom. The minimum absolute atomic E-state index is 0.140. The van der Waals surface area contributed by atoms with Crippen molar-refractivity contribution in [3.63, 3.8) is 0 Å². The second kappa shape index (κ2) is 3.81. The van der Waals surface area contributed by atoms with Crippen LogP contribution in [0.15, 0.2) is 18.3 Å². The topological polar surface area (TPSA) is 53.6 Å². The number of aromatic nitrogens is 3. The van der Waals surface area contributed by atoms with Gasteiger partial charge in [0.25, 0.3) is 0 Å². The van der Waals surface area contributed by atoms with Gasteiger partial charge in [0.2, 0.25) is 0 Å². The molecule has 0 spiro atoms. The Hall–Kier alpha value is -1.42. The molecule has 1 saturated heterocycles. The van der Waals surface area contributed by atoms with Crippen LogP contribution in [-0.4, -0.2) is 28.0 Å². The van der Waals surface area contributed by atoms with Crippen LogP contribution in [0.4, 0.5) is 0 Å². The maximum Gasteiger partial charge on any atom is 0.177 e. The van der Waals surface area contributed by atoms with Crippen molar-refractivity contribution in [3.05, 3.63) is 24.2 Å². The van der Waals surface area contributed by atoms with Crippen LogP contribution in [0, 0.1) is 5.92 Å². The summed E-state index contributed by atoms with van der Waals surface area (Å²) in [6.45, 7) is 6.62. The lowest BCUT2D eigenvalue weighted by Crippen LogP contribution is -2.35. The number of imidazole rings is 1. The first-order valence-corrected chi connectivity index (χ1v) is 6.24. The molecule has 0 saturated carbocycles. The largest absolute Gasteiger partial charge is 0.340 e. The van der Waals surface area contributed by atoms with Crippen LogP contribution in [0.25, 0.3) is 11.2 Å². The van der Waals surface area contributed by atoms with Gasteiger partial charge < -0.3 is 10.3 Å². The maximum absolute atomic E-state index is 4.68. The normalized spacial score (nSPS) is 24.9. The molecular formula is C13H18N4. The number of hydrogen-bond donors (Lipinski definition) is 2. The van der Waals surface area contributed by atoms with Crippen molar-refractivity contribution >= 4 is 11.2 Å². The van der Waals surface area contributed by atoms with Gasteiger partial charge in [-0.25, -0.2) is 9.97 Å². The molecule has 3 heterocycles. The fraction of sp³-hybridized carbons (Fsp3) is 0.538. The van der Waals surface area contributed by atoms with Crippen molar-refractivity contribution < 1.29 is 0 Å². The predicted octanol–water partition coefficient (Wildman–Crippen LogP) is 1.84. The molecule has 4 nitrogen and oxygen atoms in total. The highest BCUT2D eigenvalue weighted by molar-refractivity contribution is 5.70. The minimum atomic E-state index is 0.140. The summed E-state index contributed by atoms with van der Waals surface area (Å²) in [6, 6.07) is 3.98. The van der Waals surface area contributed by atoms with Crippen LogP contribution in [-0.2, 0) is 5.41 Å². The van der Waals surface area contributed by atoms with Crippen LogP contribution >= 0.6 is 0 Å². The zero-order chi connectivity index (χ0) is 11.9. The Labute approximate surface area is 101 Å². The predicted molar refractivity (Wildman–Crippen MR) is 67.9 cm³/mol. The van der Waals surface area contributed by atoms with Crippen LogP contribution < -0.4 is 5.32 Å². The number of fused-ring (bicyclic) bond motifs is 1. The lowest BCUT2D eigenvalue weighted by molar-refractivity contribution is 0.320. The number of nitrogens with one attached hydrogen (secondary N) is 2. The van der Waals surface area contributed by atoms with Gasteiger partial charge in [0.15, 0.2) is 5.65 Å². The highest BCUT2D eigenvalue weighted by atomic mass is 15.0. The third kappa shape index (κ3) is 1.55. The number of hydrogen-bond acceptors (Lipinski definition) is 3. The van der Waals surface area contributed by atoms with E-state index in [9.17, 15) is 0 Å². The second-order valence-electron chi connectivity index (χ2n) is 5.20. The van der Waals surface area contributed by atoms with Gasteiger partial charge in [-0.15, -0.1) is 0 Å². The van der Waals surface area contributed by atoms with Crippen LogP contribution in [0.3, 0.4) is 0 Å². The molecule has 1 aliphatic heterocycles. The standard InChI is InChI=1S/C13H18N4/c1-9(2)13(5-7-14-8-13)12-16-10-4-3-6-15-11(10)17-12/h3-4,6,9,14H,5,7-8H2,1-2H3,(H,15,16,17). The molecule has 3 rings (SSSR count). The molecule has 0 bridgehead atoms. The van der Waals surface area contributed by atoms with E-state index in [-0.39, 0.29) is 5.41 Å². The number of H-pyrrole nitrogens is 1. The number of rotatable bonds is 2. The quantitative estimate of drug-likeness (QED) is 0.827. The molecule has 17 heavy (non-hydrogen) atoms. The van der Waals surface area contributed by atoms with Gasteiger partial charge >= 0.3 is 0 Å². The molecule has 2 aromatic rings. The van der Waals surface area contributed by atoms with Gasteiger partial charge in [-0.05, 0) is 31.0 Å². The Bertz CT molecular complexity index is 490. The van der Waals surface area contributed by atoms with Gasteiger partial charge in [0.05, 0.1) is 5.52 Å². The summed E-state index contributed by atoms with van der Waals surface area (Å²) in [5.41, 5.74) is 2.00. The van der Waals surface area contributed by atoms with E-state index in [1.807, 2.05) is 12.1 Å². The van der Waals surface area contributed by atoms with Crippen molar-refractivity contribution in [3.8, 4) is 0 Å². The van der Waals surface area contributed by atoms with E-state index >= 15 is 0 Å². The first-order valence-electron chi connectivity index (χ1n) is 6.24. The Morgan fingerprint density at radius 2 is 2.29 bits per heavy atom. The number of nitrogens with zero attached hydrogens (tertiary/aromatic N) is 2. The van der Waals surface area contributed by atoms with Crippen LogP contribution in [0.5, 0.6) is 0 Å².